The van der Waals surface area contributed by atoms with Gasteiger partial charge in [0.15, 0.2) is 0 Å². The molecule has 1 saturated carbocycles. The zero-order valence-corrected chi connectivity index (χ0v) is 11.7. The minimum atomic E-state index is -4.26. The van der Waals surface area contributed by atoms with Crippen molar-refractivity contribution >= 4 is 17.2 Å². The van der Waals surface area contributed by atoms with Crippen molar-refractivity contribution < 1.29 is 18.0 Å². The smallest absolute Gasteiger partial charge is 0.317 e. The predicted octanol–water partition coefficient (Wildman–Crippen LogP) is 3.05. The van der Waals surface area contributed by atoms with Crippen LogP contribution in [0.25, 0.3) is 0 Å². The number of halogens is 3. The predicted molar refractivity (Wildman–Crippen MR) is 69.1 cm³/mol. The van der Waals surface area contributed by atoms with Crippen molar-refractivity contribution in [1.82, 2.24) is 10.2 Å². The zero-order chi connectivity index (χ0) is 14.5. The molecule has 1 amide bonds. The van der Waals surface area contributed by atoms with Gasteiger partial charge in [0.1, 0.15) is 11.7 Å². The van der Waals surface area contributed by atoms with Gasteiger partial charge in [0.2, 0.25) is 5.91 Å². The summed E-state index contributed by atoms with van der Waals surface area (Å²) in [6.45, 7) is 1.47. The molecule has 1 aliphatic heterocycles. The Bertz CT molecular complexity index is 510. The molecular formula is C13H15F3N2OS. The van der Waals surface area contributed by atoms with Crippen LogP contribution >= 0.6 is 11.3 Å². The number of nitrogens with zero attached hydrogens (tertiary/aromatic N) is 1. The second-order valence-electron chi connectivity index (χ2n) is 5.53. The van der Waals surface area contributed by atoms with Gasteiger partial charge in [0, 0.05) is 10.9 Å². The number of carbonyl (C=O) groups excluding carboxylic acids is 1. The van der Waals surface area contributed by atoms with Crippen LogP contribution in [0.2, 0.25) is 0 Å². The van der Waals surface area contributed by atoms with Crippen LogP contribution in [0.1, 0.15) is 37.2 Å². The lowest BCUT2D eigenvalue weighted by atomic mass is 10.1. The lowest BCUT2D eigenvalue weighted by Gasteiger charge is -2.30. The minimum Gasteiger partial charge on any atom is -0.317 e. The molecule has 2 aliphatic rings. The van der Waals surface area contributed by atoms with Crippen LogP contribution in [0.4, 0.5) is 13.2 Å². The van der Waals surface area contributed by atoms with Crippen molar-refractivity contribution in [2.24, 2.45) is 0 Å². The van der Waals surface area contributed by atoms with Gasteiger partial charge in [-0.3, -0.25) is 10.1 Å². The Morgan fingerprint density at radius 3 is 2.75 bits per heavy atom. The van der Waals surface area contributed by atoms with Gasteiger partial charge in [-0.15, -0.1) is 11.3 Å². The molecule has 1 aliphatic carbocycles. The normalized spacial score (nSPS) is 26.3. The zero-order valence-electron chi connectivity index (χ0n) is 10.9. The Kier molecular flexibility index (Phi) is 3.10. The maximum atomic E-state index is 12.6. The van der Waals surface area contributed by atoms with Crippen molar-refractivity contribution in [2.45, 2.75) is 50.1 Å². The summed E-state index contributed by atoms with van der Waals surface area (Å²) in [5, 5.41) is 5.10. The standard InChI is InChI=1S/C13H15F3N2OS/c1-8(7-13(14,15)16)18-10(9-3-2-6-20-9)17-12(4-5-12)11(18)19/h2-3,6,8,10,17H,4-5,7H2,1H3. The van der Waals surface area contributed by atoms with Gasteiger partial charge in [-0.05, 0) is 31.2 Å². The number of carbonyl (C=O) groups is 1. The van der Waals surface area contributed by atoms with E-state index in [1.807, 2.05) is 17.5 Å². The molecule has 0 radical (unpaired) electrons. The monoisotopic (exact) mass is 304 g/mol. The van der Waals surface area contributed by atoms with Gasteiger partial charge in [-0.1, -0.05) is 6.07 Å². The molecule has 0 bridgehead atoms. The van der Waals surface area contributed by atoms with E-state index in [-0.39, 0.29) is 5.91 Å². The van der Waals surface area contributed by atoms with Crippen LogP contribution < -0.4 is 5.32 Å². The number of amides is 1. The van der Waals surface area contributed by atoms with E-state index >= 15 is 0 Å². The maximum Gasteiger partial charge on any atom is 0.391 e. The van der Waals surface area contributed by atoms with Crippen LogP contribution in [0.3, 0.4) is 0 Å². The summed E-state index contributed by atoms with van der Waals surface area (Å²) in [7, 11) is 0. The second-order valence-corrected chi connectivity index (χ2v) is 6.50. The molecule has 7 heteroatoms. The molecule has 3 rings (SSSR count). The topological polar surface area (TPSA) is 32.3 Å². The molecular weight excluding hydrogens is 289 g/mol. The molecule has 1 aromatic heterocycles. The van der Waals surface area contributed by atoms with Crippen molar-refractivity contribution in [1.29, 1.82) is 0 Å². The second kappa shape index (κ2) is 4.46. The first-order valence-corrected chi connectivity index (χ1v) is 7.41. The Morgan fingerprint density at radius 2 is 2.25 bits per heavy atom. The van der Waals surface area contributed by atoms with Gasteiger partial charge in [-0.25, -0.2) is 0 Å². The van der Waals surface area contributed by atoms with Gasteiger partial charge >= 0.3 is 6.18 Å². The summed E-state index contributed by atoms with van der Waals surface area (Å²) >= 11 is 1.45. The van der Waals surface area contributed by atoms with E-state index in [9.17, 15) is 18.0 Å². The average Bonchev–Trinajstić information content (AvgIpc) is 2.81. The highest BCUT2D eigenvalue weighted by molar-refractivity contribution is 7.10. The lowest BCUT2D eigenvalue weighted by molar-refractivity contribution is -0.153. The van der Waals surface area contributed by atoms with E-state index in [0.717, 1.165) is 4.88 Å². The fraction of sp³-hybridized carbons (Fsp3) is 0.615. The van der Waals surface area contributed by atoms with Gasteiger partial charge in [-0.2, -0.15) is 13.2 Å². The van der Waals surface area contributed by atoms with E-state index in [1.54, 1.807) is 0 Å². The van der Waals surface area contributed by atoms with E-state index in [1.165, 1.54) is 23.2 Å². The van der Waals surface area contributed by atoms with Crippen molar-refractivity contribution in [2.75, 3.05) is 0 Å². The number of alkyl halides is 3. The highest BCUT2D eigenvalue weighted by Gasteiger charge is 2.60. The summed E-state index contributed by atoms with van der Waals surface area (Å²) in [5.74, 6) is -0.187. The molecule has 1 N–H and O–H groups in total. The number of hydrogen-bond acceptors (Lipinski definition) is 3. The SMILES string of the molecule is CC(CC(F)(F)F)N1C(=O)C2(CC2)NC1c1cccs1. The van der Waals surface area contributed by atoms with Crippen LogP contribution in [-0.2, 0) is 4.79 Å². The molecule has 1 aromatic rings. The molecule has 20 heavy (non-hydrogen) atoms. The quantitative estimate of drug-likeness (QED) is 0.931. The molecule has 2 atom stereocenters. The van der Waals surface area contributed by atoms with Crippen molar-refractivity contribution in [3.05, 3.63) is 22.4 Å². The number of thiophene rings is 1. The third kappa shape index (κ3) is 2.33. The Hall–Kier alpha value is -1.08. The number of nitrogens with one attached hydrogen (secondary N) is 1. The third-order valence-electron chi connectivity index (χ3n) is 3.90. The Morgan fingerprint density at radius 1 is 1.55 bits per heavy atom. The third-order valence-corrected chi connectivity index (χ3v) is 4.82. The lowest BCUT2D eigenvalue weighted by Crippen LogP contribution is -2.41. The van der Waals surface area contributed by atoms with Crippen LogP contribution in [0.15, 0.2) is 17.5 Å². The molecule has 2 unspecified atom stereocenters. The molecule has 1 spiro atoms. The van der Waals surface area contributed by atoms with Crippen molar-refractivity contribution in [3.8, 4) is 0 Å². The molecule has 2 heterocycles. The summed E-state index contributed by atoms with van der Waals surface area (Å²) in [6, 6.07) is 2.84. The molecule has 2 fully saturated rings. The summed E-state index contributed by atoms with van der Waals surface area (Å²) in [6.07, 6.45) is -4.24. The fourth-order valence-corrected chi connectivity index (χ4v) is 3.56. The molecule has 110 valence electrons. The molecule has 0 aromatic carbocycles. The molecule has 1 saturated heterocycles. The molecule has 3 nitrogen and oxygen atoms in total. The van der Waals surface area contributed by atoms with Crippen molar-refractivity contribution in [3.63, 3.8) is 0 Å². The van der Waals surface area contributed by atoms with E-state index < -0.39 is 30.3 Å². The summed E-state index contributed by atoms with van der Waals surface area (Å²) in [4.78, 5) is 14.7. The summed E-state index contributed by atoms with van der Waals surface area (Å²) < 4.78 is 37.8. The first-order chi connectivity index (χ1) is 9.32. The first kappa shape index (κ1) is 13.9. The largest absolute Gasteiger partial charge is 0.391 e. The minimum absolute atomic E-state index is 0.187. The van der Waals surface area contributed by atoms with E-state index in [4.69, 9.17) is 0 Å². The first-order valence-electron chi connectivity index (χ1n) is 6.53. The van der Waals surface area contributed by atoms with Gasteiger partial charge in [0.25, 0.3) is 0 Å². The maximum absolute atomic E-state index is 12.6. The van der Waals surface area contributed by atoms with E-state index in [2.05, 4.69) is 5.32 Å². The highest BCUT2D eigenvalue weighted by atomic mass is 32.1. The Labute approximate surface area is 118 Å². The average molecular weight is 304 g/mol. The fourth-order valence-electron chi connectivity index (χ4n) is 2.78. The van der Waals surface area contributed by atoms with Gasteiger partial charge < -0.3 is 4.90 Å². The van der Waals surface area contributed by atoms with Crippen LogP contribution in [0, 0.1) is 0 Å². The highest BCUT2D eigenvalue weighted by Crippen LogP contribution is 2.48. The number of rotatable bonds is 3. The van der Waals surface area contributed by atoms with Crippen LogP contribution in [0.5, 0.6) is 0 Å². The van der Waals surface area contributed by atoms with E-state index in [0.29, 0.717) is 12.8 Å². The van der Waals surface area contributed by atoms with Gasteiger partial charge in [0.05, 0.1) is 6.42 Å². The number of hydrogen-bond donors (Lipinski definition) is 1. The van der Waals surface area contributed by atoms with Crippen LogP contribution in [-0.4, -0.2) is 28.6 Å². The Balaban J connectivity index is 1.87. The summed E-state index contributed by atoms with van der Waals surface area (Å²) in [5.41, 5.74) is -0.603.